The van der Waals surface area contributed by atoms with Crippen molar-refractivity contribution in [2.75, 3.05) is 24.5 Å². The molecule has 0 bridgehead atoms. The minimum absolute atomic E-state index is 0.150. The molecule has 8 heteroatoms. The van der Waals surface area contributed by atoms with Gasteiger partial charge in [-0.1, -0.05) is 26.0 Å². The first kappa shape index (κ1) is 22.3. The van der Waals surface area contributed by atoms with E-state index in [1.807, 2.05) is 30.2 Å². The van der Waals surface area contributed by atoms with Gasteiger partial charge in [0.05, 0.1) is 17.9 Å². The second-order valence-electron chi connectivity index (χ2n) is 9.61. The zero-order valence-electron chi connectivity index (χ0n) is 20.4. The number of hydrogen-bond donors (Lipinski definition) is 1. The molecular weight excluding hydrogens is 426 g/mol. The Hall–Kier alpha value is -3.52. The van der Waals surface area contributed by atoms with Gasteiger partial charge in [-0.3, -0.25) is 14.8 Å². The number of amides is 1. The van der Waals surface area contributed by atoms with E-state index in [0.29, 0.717) is 19.1 Å². The topological polar surface area (TPSA) is 82.4 Å². The Balaban J connectivity index is 1.46. The second-order valence-corrected chi connectivity index (χ2v) is 9.61. The van der Waals surface area contributed by atoms with Gasteiger partial charge in [-0.25, -0.2) is 9.50 Å². The van der Waals surface area contributed by atoms with Crippen LogP contribution >= 0.6 is 0 Å². The molecule has 1 amide bonds. The third-order valence-corrected chi connectivity index (χ3v) is 6.66. The molecule has 1 aliphatic rings. The van der Waals surface area contributed by atoms with Crippen molar-refractivity contribution in [3.63, 3.8) is 0 Å². The molecule has 1 aromatic carbocycles. The molecule has 0 spiro atoms. The van der Waals surface area contributed by atoms with Gasteiger partial charge in [0, 0.05) is 47.7 Å². The number of pyridine rings is 1. The number of carbonyl (C=O) groups excluding carboxylic acids is 1. The molecule has 8 nitrogen and oxygen atoms in total. The van der Waals surface area contributed by atoms with Crippen LogP contribution in [0.1, 0.15) is 44.7 Å². The average Bonchev–Trinajstić information content (AvgIpc) is 3.47. The Morgan fingerprint density at radius 1 is 1.03 bits per heavy atom. The summed E-state index contributed by atoms with van der Waals surface area (Å²) in [6.45, 7) is 12.7. The zero-order chi connectivity index (χ0) is 24.0. The van der Waals surface area contributed by atoms with Crippen molar-refractivity contribution in [1.29, 1.82) is 0 Å². The molecule has 0 radical (unpaired) electrons. The van der Waals surface area contributed by atoms with Crippen LogP contribution in [-0.2, 0) is 4.79 Å². The van der Waals surface area contributed by atoms with Crippen LogP contribution in [0.3, 0.4) is 0 Å². The highest BCUT2D eigenvalue weighted by molar-refractivity contribution is 5.95. The highest BCUT2D eigenvalue weighted by Gasteiger charge is 2.27. The van der Waals surface area contributed by atoms with Gasteiger partial charge in [0.15, 0.2) is 5.65 Å². The SMILES string of the molecule is Cc1cc(-c2[nH]nc(-c3ccc(N4CCN(C(C)C)CC4=O)cc3)c2C(C)C)cn2ncnc12. The summed E-state index contributed by atoms with van der Waals surface area (Å²) in [5.41, 5.74) is 8.00. The van der Waals surface area contributed by atoms with Crippen LogP contribution in [0.25, 0.3) is 28.2 Å². The molecule has 1 saturated heterocycles. The van der Waals surface area contributed by atoms with E-state index in [4.69, 9.17) is 5.10 Å². The molecule has 3 aromatic heterocycles. The maximum absolute atomic E-state index is 12.7. The maximum Gasteiger partial charge on any atom is 0.241 e. The Morgan fingerprint density at radius 3 is 2.47 bits per heavy atom. The molecule has 0 saturated carbocycles. The van der Waals surface area contributed by atoms with Crippen LogP contribution in [-0.4, -0.2) is 61.3 Å². The smallest absolute Gasteiger partial charge is 0.241 e. The van der Waals surface area contributed by atoms with Gasteiger partial charge in [0.1, 0.15) is 6.33 Å². The first-order chi connectivity index (χ1) is 16.3. The molecule has 0 atom stereocenters. The molecule has 4 heterocycles. The number of aryl methyl sites for hydroxylation is 1. The van der Waals surface area contributed by atoms with Gasteiger partial charge >= 0.3 is 0 Å². The number of benzene rings is 1. The first-order valence-corrected chi connectivity index (χ1v) is 11.9. The highest BCUT2D eigenvalue weighted by atomic mass is 16.2. The van der Waals surface area contributed by atoms with Crippen LogP contribution in [0.4, 0.5) is 5.69 Å². The van der Waals surface area contributed by atoms with E-state index < -0.39 is 0 Å². The summed E-state index contributed by atoms with van der Waals surface area (Å²) in [7, 11) is 0. The molecule has 5 rings (SSSR count). The standard InChI is InChI=1S/C26H31N7O/c1-16(2)23-24(29-30-25(23)20-12-18(5)26-27-15-28-33(26)13-20)19-6-8-21(9-7-19)32-11-10-31(17(3)4)14-22(32)34/h6-9,12-13,15-17H,10-11,14H2,1-5H3,(H,29,30). The van der Waals surface area contributed by atoms with Crippen molar-refractivity contribution in [3.05, 3.63) is 54.0 Å². The fraction of sp³-hybridized carbons (Fsp3) is 0.385. The summed E-state index contributed by atoms with van der Waals surface area (Å²) in [6.07, 6.45) is 3.56. The third-order valence-electron chi connectivity index (χ3n) is 6.66. The molecule has 1 fully saturated rings. The predicted molar refractivity (Wildman–Crippen MR) is 134 cm³/mol. The molecule has 1 aliphatic heterocycles. The minimum Gasteiger partial charge on any atom is -0.310 e. The van der Waals surface area contributed by atoms with E-state index >= 15 is 0 Å². The second kappa shape index (κ2) is 8.68. The van der Waals surface area contributed by atoms with Gasteiger partial charge in [0.25, 0.3) is 0 Å². The summed E-state index contributed by atoms with van der Waals surface area (Å²) in [6, 6.07) is 10.7. The molecule has 1 N–H and O–H groups in total. The lowest BCUT2D eigenvalue weighted by atomic mass is 9.94. The normalized spacial score (nSPS) is 15.3. The van der Waals surface area contributed by atoms with E-state index in [0.717, 1.165) is 51.5 Å². The molecule has 176 valence electrons. The summed E-state index contributed by atoms with van der Waals surface area (Å²) >= 11 is 0. The van der Waals surface area contributed by atoms with Gasteiger partial charge in [-0.2, -0.15) is 10.2 Å². The van der Waals surface area contributed by atoms with Gasteiger partial charge in [0.2, 0.25) is 5.91 Å². The quantitative estimate of drug-likeness (QED) is 0.484. The fourth-order valence-electron chi connectivity index (χ4n) is 4.79. The van der Waals surface area contributed by atoms with Crippen molar-refractivity contribution >= 4 is 17.2 Å². The summed E-state index contributed by atoms with van der Waals surface area (Å²) in [5.74, 6) is 0.414. The Bertz CT molecular complexity index is 1330. The van der Waals surface area contributed by atoms with Crippen LogP contribution in [0.2, 0.25) is 0 Å². The summed E-state index contributed by atoms with van der Waals surface area (Å²) in [4.78, 5) is 21.1. The van der Waals surface area contributed by atoms with Crippen molar-refractivity contribution in [1.82, 2.24) is 29.7 Å². The van der Waals surface area contributed by atoms with E-state index in [9.17, 15) is 4.79 Å². The summed E-state index contributed by atoms with van der Waals surface area (Å²) < 4.78 is 1.81. The third kappa shape index (κ3) is 3.88. The first-order valence-electron chi connectivity index (χ1n) is 11.9. The Kier molecular flexibility index (Phi) is 5.69. The predicted octanol–water partition coefficient (Wildman–Crippen LogP) is 4.28. The highest BCUT2D eigenvalue weighted by Crippen LogP contribution is 2.36. The molecule has 4 aromatic rings. The number of rotatable bonds is 5. The van der Waals surface area contributed by atoms with Crippen LogP contribution < -0.4 is 4.90 Å². The zero-order valence-corrected chi connectivity index (χ0v) is 20.4. The van der Waals surface area contributed by atoms with E-state index in [1.54, 1.807) is 10.8 Å². The average molecular weight is 458 g/mol. The number of aromatic nitrogens is 5. The van der Waals surface area contributed by atoms with Gasteiger partial charge in [-0.05, 0) is 50.5 Å². The molecule has 34 heavy (non-hydrogen) atoms. The van der Waals surface area contributed by atoms with Crippen molar-refractivity contribution in [2.24, 2.45) is 0 Å². The van der Waals surface area contributed by atoms with E-state index in [1.165, 1.54) is 0 Å². The Morgan fingerprint density at radius 2 is 1.79 bits per heavy atom. The number of fused-ring (bicyclic) bond motifs is 1. The van der Waals surface area contributed by atoms with E-state index in [-0.39, 0.29) is 11.8 Å². The number of carbonyl (C=O) groups is 1. The number of nitrogens with zero attached hydrogens (tertiary/aromatic N) is 6. The van der Waals surface area contributed by atoms with Gasteiger partial charge < -0.3 is 4.90 Å². The lowest BCUT2D eigenvalue weighted by Crippen LogP contribution is -2.52. The number of hydrogen-bond acceptors (Lipinski definition) is 5. The van der Waals surface area contributed by atoms with E-state index in [2.05, 4.69) is 66.0 Å². The van der Waals surface area contributed by atoms with Crippen molar-refractivity contribution in [3.8, 4) is 22.5 Å². The molecular formula is C26H31N7O. The largest absolute Gasteiger partial charge is 0.310 e. The van der Waals surface area contributed by atoms with Gasteiger partial charge in [-0.15, -0.1) is 0 Å². The number of aromatic amines is 1. The lowest BCUT2D eigenvalue weighted by Gasteiger charge is -2.36. The lowest BCUT2D eigenvalue weighted by molar-refractivity contribution is -0.121. The molecule has 0 aliphatic carbocycles. The summed E-state index contributed by atoms with van der Waals surface area (Å²) in [5, 5.41) is 12.3. The van der Waals surface area contributed by atoms with Crippen molar-refractivity contribution < 1.29 is 4.79 Å². The fourth-order valence-corrected chi connectivity index (χ4v) is 4.79. The molecule has 0 unspecified atom stereocenters. The van der Waals surface area contributed by atoms with Crippen molar-refractivity contribution in [2.45, 2.75) is 46.6 Å². The Labute approximate surface area is 199 Å². The number of H-pyrrole nitrogens is 1. The van der Waals surface area contributed by atoms with Crippen LogP contribution in [0.5, 0.6) is 0 Å². The van der Waals surface area contributed by atoms with Crippen LogP contribution in [0.15, 0.2) is 42.9 Å². The maximum atomic E-state index is 12.7. The number of piperazine rings is 1. The number of nitrogens with one attached hydrogen (secondary N) is 1. The number of anilines is 1. The minimum atomic E-state index is 0.150. The monoisotopic (exact) mass is 457 g/mol. The van der Waals surface area contributed by atoms with Crippen LogP contribution in [0, 0.1) is 6.92 Å².